The summed E-state index contributed by atoms with van der Waals surface area (Å²) in [6.45, 7) is 2.47. The zero-order valence-electron chi connectivity index (χ0n) is 13.9. The lowest BCUT2D eigenvalue weighted by molar-refractivity contribution is -0.120. The van der Waals surface area contributed by atoms with Gasteiger partial charge in [0.2, 0.25) is 5.91 Å². The lowest BCUT2D eigenvalue weighted by atomic mass is 10.0. The predicted molar refractivity (Wildman–Crippen MR) is 94.6 cm³/mol. The third-order valence-corrected chi connectivity index (χ3v) is 4.33. The Kier molecular flexibility index (Phi) is 5.28. The first-order chi connectivity index (χ1) is 12.1. The molecule has 1 saturated heterocycles. The number of carboxylic acids is 1. The van der Waals surface area contributed by atoms with Gasteiger partial charge in [0, 0.05) is 25.8 Å². The highest BCUT2D eigenvalue weighted by molar-refractivity contribution is 5.91. The molecule has 2 heterocycles. The molecular weight excluding hydrogens is 318 g/mol. The van der Waals surface area contributed by atoms with Crippen LogP contribution >= 0.6 is 0 Å². The normalized spacial score (nSPS) is 13.7. The minimum Gasteiger partial charge on any atom is -0.478 e. The highest BCUT2D eigenvalue weighted by Crippen LogP contribution is 2.17. The van der Waals surface area contributed by atoms with Gasteiger partial charge in [-0.05, 0) is 36.1 Å². The Hall–Kier alpha value is -2.89. The molecule has 130 valence electrons. The molecule has 3 rings (SSSR count). The fourth-order valence-electron chi connectivity index (χ4n) is 2.97. The highest BCUT2D eigenvalue weighted by Gasteiger charge is 2.14. The van der Waals surface area contributed by atoms with Crippen LogP contribution in [0.4, 0.5) is 5.82 Å². The molecule has 0 bridgehead atoms. The Morgan fingerprint density at radius 1 is 1.12 bits per heavy atom. The van der Waals surface area contributed by atoms with Crippen molar-refractivity contribution < 1.29 is 14.7 Å². The number of carbonyl (C=O) groups is 2. The topological polar surface area (TPSA) is 82.5 Å². The largest absolute Gasteiger partial charge is 0.478 e. The van der Waals surface area contributed by atoms with Gasteiger partial charge < -0.3 is 15.3 Å². The van der Waals surface area contributed by atoms with Crippen LogP contribution in [0.5, 0.6) is 0 Å². The molecule has 6 nitrogen and oxygen atoms in total. The van der Waals surface area contributed by atoms with Crippen molar-refractivity contribution in [1.29, 1.82) is 0 Å². The lowest BCUT2D eigenvalue weighted by Crippen LogP contribution is -2.25. The summed E-state index contributed by atoms with van der Waals surface area (Å²) in [6.07, 6.45) is 4.23. The molecule has 0 unspecified atom stereocenters. The molecule has 1 aliphatic heterocycles. The van der Waals surface area contributed by atoms with Gasteiger partial charge in [0.15, 0.2) is 0 Å². The third kappa shape index (κ3) is 4.35. The van der Waals surface area contributed by atoms with Gasteiger partial charge in [-0.2, -0.15) is 0 Å². The van der Waals surface area contributed by atoms with Gasteiger partial charge in [0.05, 0.1) is 12.0 Å². The Bertz CT molecular complexity index is 753. The number of nitrogens with zero attached hydrogens (tertiary/aromatic N) is 2. The molecule has 6 heteroatoms. The third-order valence-electron chi connectivity index (χ3n) is 4.33. The number of hydrogen-bond acceptors (Lipinski definition) is 4. The number of nitrogens with one attached hydrogen (secondary N) is 1. The van der Waals surface area contributed by atoms with Gasteiger partial charge in [-0.3, -0.25) is 4.79 Å². The van der Waals surface area contributed by atoms with Gasteiger partial charge in [0.25, 0.3) is 0 Å². The summed E-state index contributed by atoms with van der Waals surface area (Å²) in [5.41, 5.74) is 1.59. The van der Waals surface area contributed by atoms with E-state index in [-0.39, 0.29) is 17.9 Å². The minimum atomic E-state index is -1.02. The van der Waals surface area contributed by atoms with Crippen molar-refractivity contribution >= 4 is 17.7 Å². The van der Waals surface area contributed by atoms with E-state index in [1.165, 1.54) is 18.9 Å². The van der Waals surface area contributed by atoms with Crippen LogP contribution in [0.3, 0.4) is 0 Å². The first kappa shape index (κ1) is 17.0. The number of aromatic carboxylic acids is 1. The summed E-state index contributed by atoms with van der Waals surface area (Å²) in [5, 5.41) is 12.0. The second kappa shape index (κ2) is 7.79. The number of benzene rings is 1. The van der Waals surface area contributed by atoms with E-state index in [1.54, 1.807) is 24.4 Å². The van der Waals surface area contributed by atoms with Crippen molar-refractivity contribution in [3.63, 3.8) is 0 Å². The second-order valence-electron chi connectivity index (χ2n) is 6.13. The fourth-order valence-corrected chi connectivity index (χ4v) is 2.97. The van der Waals surface area contributed by atoms with E-state index in [0.29, 0.717) is 12.1 Å². The van der Waals surface area contributed by atoms with E-state index >= 15 is 0 Å². The first-order valence-corrected chi connectivity index (χ1v) is 8.41. The molecule has 0 spiro atoms. The number of pyridine rings is 1. The smallest absolute Gasteiger partial charge is 0.335 e. The van der Waals surface area contributed by atoms with Crippen LogP contribution < -0.4 is 10.2 Å². The zero-order valence-corrected chi connectivity index (χ0v) is 13.9. The predicted octanol–water partition coefficient (Wildman–Crippen LogP) is 2.24. The molecule has 25 heavy (non-hydrogen) atoms. The first-order valence-electron chi connectivity index (χ1n) is 8.41. The Morgan fingerprint density at radius 2 is 1.88 bits per heavy atom. The van der Waals surface area contributed by atoms with Crippen LogP contribution in [0, 0.1) is 0 Å². The molecule has 2 aromatic rings. The Balaban J connectivity index is 1.55. The molecule has 1 aromatic heterocycles. The van der Waals surface area contributed by atoms with Crippen molar-refractivity contribution in [3.05, 3.63) is 59.3 Å². The number of anilines is 1. The van der Waals surface area contributed by atoms with E-state index in [1.807, 2.05) is 12.1 Å². The van der Waals surface area contributed by atoms with E-state index in [2.05, 4.69) is 15.2 Å². The van der Waals surface area contributed by atoms with Crippen molar-refractivity contribution in [1.82, 2.24) is 10.3 Å². The summed E-state index contributed by atoms with van der Waals surface area (Å²) in [4.78, 5) is 30.0. The van der Waals surface area contributed by atoms with Gasteiger partial charge in [-0.25, -0.2) is 9.78 Å². The molecule has 1 fully saturated rings. The van der Waals surface area contributed by atoms with E-state index in [0.717, 1.165) is 24.5 Å². The maximum Gasteiger partial charge on any atom is 0.335 e. The average molecular weight is 339 g/mol. The summed E-state index contributed by atoms with van der Waals surface area (Å²) in [6, 6.07) is 10.5. The number of rotatable bonds is 6. The number of carbonyl (C=O) groups excluding carboxylic acids is 1. The maximum absolute atomic E-state index is 12.1. The number of aromatic nitrogens is 1. The minimum absolute atomic E-state index is 0.0434. The van der Waals surface area contributed by atoms with Gasteiger partial charge in [0.1, 0.15) is 5.82 Å². The molecule has 0 aliphatic carbocycles. The Labute approximate surface area is 146 Å². The van der Waals surface area contributed by atoms with Crippen molar-refractivity contribution in [2.75, 3.05) is 18.0 Å². The van der Waals surface area contributed by atoms with Crippen LogP contribution in [0.25, 0.3) is 0 Å². The lowest BCUT2D eigenvalue weighted by Gasteiger charge is -2.16. The van der Waals surface area contributed by atoms with Gasteiger partial charge in [-0.1, -0.05) is 24.3 Å². The van der Waals surface area contributed by atoms with Crippen molar-refractivity contribution in [2.24, 2.45) is 0 Å². The summed E-state index contributed by atoms with van der Waals surface area (Å²) in [5.74, 6) is -0.259. The maximum atomic E-state index is 12.1. The molecule has 2 N–H and O–H groups in total. The van der Waals surface area contributed by atoms with Crippen LogP contribution in [0.1, 0.15) is 34.3 Å². The van der Waals surface area contributed by atoms with E-state index in [4.69, 9.17) is 5.11 Å². The molecule has 1 aliphatic rings. The van der Waals surface area contributed by atoms with Crippen LogP contribution in [0.15, 0.2) is 42.6 Å². The van der Waals surface area contributed by atoms with Crippen LogP contribution in [-0.4, -0.2) is 35.1 Å². The summed E-state index contributed by atoms with van der Waals surface area (Å²) < 4.78 is 0. The number of amides is 1. The fraction of sp³-hybridized carbons (Fsp3) is 0.316. The van der Waals surface area contributed by atoms with Crippen molar-refractivity contribution in [2.45, 2.75) is 25.8 Å². The van der Waals surface area contributed by atoms with E-state index in [9.17, 15) is 9.59 Å². The molecule has 0 atom stereocenters. The second-order valence-corrected chi connectivity index (χ2v) is 6.13. The highest BCUT2D eigenvalue weighted by atomic mass is 16.4. The molecule has 1 amide bonds. The SMILES string of the molecule is O=C(Cc1ccccc1C(=O)O)NCc1ccc(N2CCCC2)nc1. The van der Waals surface area contributed by atoms with Crippen molar-refractivity contribution in [3.8, 4) is 0 Å². The van der Waals surface area contributed by atoms with E-state index < -0.39 is 5.97 Å². The molecular formula is C19H21N3O3. The molecule has 0 saturated carbocycles. The molecule has 1 aromatic carbocycles. The number of carboxylic acid groups (broad SMARTS) is 1. The average Bonchev–Trinajstić information content (AvgIpc) is 3.15. The van der Waals surface area contributed by atoms with Gasteiger partial charge in [-0.15, -0.1) is 0 Å². The zero-order chi connectivity index (χ0) is 17.6. The van der Waals surface area contributed by atoms with Crippen LogP contribution in [0.2, 0.25) is 0 Å². The van der Waals surface area contributed by atoms with Crippen LogP contribution in [-0.2, 0) is 17.8 Å². The quantitative estimate of drug-likeness (QED) is 0.843. The van der Waals surface area contributed by atoms with Gasteiger partial charge >= 0.3 is 5.97 Å². The summed E-state index contributed by atoms with van der Waals surface area (Å²) >= 11 is 0. The number of hydrogen-bond donors (Lipinski definition) is 2. The Morgan fingerprint density at radius 3 is 2.56 bits per heavy atom. The molecule has 0 radical (unpaired) electrons. The summed E-state index contributed by atoms with van der Waals surface area (Å²) in [7, 11) is 0. The standard InChI is InChI=1S/C19H21N3O3/c23-18(11-15-5-1-2-6-16(15)19(24)25)21-13-14-7-8-17(20-12-14)22-9-3-4-10-22/h1-2,5-8,12H,3-4,9-11,13H2,(H,21,23)(H,24,25). The monoisotopic (exact) mass is 339 g/mol.